The highest BCUT2D eigenvalue weighted by Crippen LogP contribution is 2.33. The van der Waals surface area contributed by atoms with Gasteiger partial charge in [-0.2, -0.15) is 18.3 Å². The lowest BCUT2D eigenvalue weighted by Gasteiger charge is -2.12. The molecule has 4 N–H and O–H groups in total. The first-order chi connectivity index (χ1) is 13.2. The molecule has 144 valence electrons. The predicted octanol–water partition coefficient (Wildman–Crippen LogP) is 4.55. The van der Waals surface area contributed by atoms with Crippen LogP contribution < -0.4 is 16.5 Å². The zero-order chi connectivity index (χ0) is 20.3. The van der Waals surface area contributed by atoms with Crippen molar-refractivity contribution in [3.8, 4) is 0 Å². The predicted molar refractivity (Wildman–Crippen MR) is 109 cm³/mol. The average molecular weight is 403 g/mol. The Morgan fingerprint density at radius 2 is 1.82 bits per heavy atom. The van der Waals surface area contributed by atoms with Crippen molar-refractivity contribution in [3.63, 3.8) is 0 Å². The Morgan fingerprint density at radius 3 is 2.46 bits per heavy atom. The largest absolute Gasteiger partial charge is 0.416 e. The van der Waals surface area contributed by atoms with E-state index in [4.69, 9.17) is 18.0 Å². The SMILES string of the molecule is C/C(=N\NC(N)=S)c1ccc(Nc2ccnc3cc(C(F)(F)F)ccc23)cc1. The monoisotopic (exact) mass is 403 g/mol. The Labute approximate surface area is 164 Å². The lowest BCUT2D eigenvalue weighted by atomic mass is 10.1. The fourth-order valence-electron chi connectivity index (χ4n) is 2.59. The van der Waals surface area contributed by atoms with Crippen LogP contribution in [0.5, 0.6) is 0 Å². The van der Waals surface area contributed by atoms with E-state index in [1.807, 2.05) is 31.2 Å². The third-order valence-electron chi connectivity index (χ3n) is 3.99. The summed E-state index contributed by atoms with van der Waals surface area (Å²) in [4.78, 5) is 4.05. The zero-order valence-electron chi connectivity index (χ0n) is 14.7. The maximum atomic E-state index is 12.9. The number of aromatic nitrogens is 1. The summed E-state index contributed by atoms with van der Waals surface area (Å²) in [6.07, 6.45) is -2.94. The second-order valence-corrected chi connectivity index (χ2v) is 6.40. The number of hydrogen-bond acceptors (Lipinski definition) is 4. The molecule has 0 aliphatic heterocycles. The van der Waals surface area contributed by atoms with Crippen LogP contribution in [-0.2, 0) is 6.18 Å². The second kappa shape index (κ2) is 7.81. The van der Waals surface area contributed by atoms with Crippen molar-refractivity contribution in [1.29, 1.82) is 0 Å². The molecular weight excluding hydrogens is 387 g/mol. The molecule has 0 saturated carbocycles. The van der Waals surface area contributed by atoms with E-state index in [9.17, 15) is 13.2 Å². The number of nitrogens with two attached hydrogens (primary N) is 1. The van der Waals surface area contributed by atoms with Gasteiger partial charge in [0.25, 0.3) is 0 Å². The van der Waals surface area contributed by atoms with Crippen LogP contribution in [0.25, 0.3) is 10.9 Å². The van der Waals surface area contributed by atoms with Gasteiger partial charge in [0, 0.05) is 23.0 Å². The third kappa shape index (κ3) is 4.55. The summed E-state index contributed by atoms with van der Waals surface area (Å²) < 4.78 is 38.7. The summed E-state index contributed by atoms with van der Waals surface area (Å²) in [7, 11) is 0. The van der Waals surface area contributed by atoms with Crippen LogP contribution in [-0.4, -0.2) is 15.8 Å². The molecule has 0 spiro atoms. The molecule has 9 heteroatoms. The van der Waals surface area contributed by atoms with Crippen molar-refractivity contribution in [2.45, 2.75) is 13.1 Å². The number of benzene rings is 2. The van der Waals surface area contributed by atoms with Crippen molar-refractivity contribution in [3.05, 3.63) is 65.9 Å². The van der Waals surface area contributed by atoms with Crippen molar-refractivity contribution in [2.24, 2.45) is 10.8 Å². The van der Waals surface area contributed by atoms with Gasteiger partial charge in [-0.15, -0.1) is 0 Å². The van der Waals surface area contributed by atoms with E-state index in [2.05, 4.69) is 20.8 Å². The van der Waals surface area contributed by atoms with E-state index in [0.717, 1.165) is 23.4 Å². The fourth-order valence-corrected chi connectivity index (χ4v) is 2.63. The molecule has 5 nitrogen and oxygen atoms in total. The molecule has 0 amide bonds. The molecule has 1 heterocycles. The van der Waals surface area contributed by atoms with Crippen molar-refractivity contribution >= 4 is 45.3 Å². The van der Waals surface area contributed by atoms with E-state index in [0.29, 0.717) is 16.8 Å². The summed E-state index contributed by atoms with van der Waals surface area (Å²) in [6, 6.07) is 12.6. The summed E-state index contributed by atoms with van der Waals surface area (Å²) in [5, 5.41) is 7.94. The Kier molecular flexibility index (Phi) is 5.46. The zero-order valence-corrected chi connectivity index (χ0v) is 15.5. The number of hydrogen-bond donors (Lipinski definition) is 3. The summed E-state index contributed by atoms with van der Waals surface area (Å²) >= 11 is 4.71. The minimum atomic E-state index is -4.41. The van der Waals surface area contributed by atoms with Crippen LogP contribution in [0.2, 0.25) is 0 Å². The lowest BCUT2D eigenvalue weighted by molar-refractivity contribution is -0.137. The number of pyridine rings is 1. The van der Waals surface area contributed by atoms with Gasteiger partial charge < -0.3 is 11.1 Å². The summed E-state index contributed by atoms with van der Waals surface area (Å²) in [6.45, 7) is 1.81. The number of nitrogens with zero attached hydrogens (tertiary/aromatic N) is 2. The van der Waals surface area contributed by atoms with Crippen LogP contribution >= 0.6 is 12.2 Å². The smallest absolute Gasteiger partial charge is 0.375 e. The molecule has 3 rings (SSSR count). The number of hydrazone groups is 1. The molecule has 0 bridgehead atoms. The van der Waals surface area contributed by atoms with Crippen LogP contribution in [0.15, 0.2) is 59.8 Å². The number of nitrogens with one attached hydrogen (secondary N) is 2. The minimum Gasteiger partial charge on any atom is -0.375 e. The van der Waals surface area contributed by atoms with Gasteiger partial charge in [0.1, 0.15) is 0 Å². The minimum absolute atomic E-state index is 0.0795. The first-order valence-electron chi connectivity index (χ1n) is 8.17. The Hall–Kier alpha value is -3.20. The number of halogens is 3. The molecule has 0 radical (unpaired) electrons. The van der Waals surface area contributed by atoms with Crippen molar-refractivity contribution in [1.82, 2.24) is 10.4 Å². The van der Waals surface area contributed by atoms with E-state index in [1.54, 1.807) is 6.07 Å². The molecule has 0 fully saturated rings. The van der Waals surface area contributed by atoms with Gasteiger partial charge in [-0.3, -0.25) is 10.4 Å². The van der Waals surface area contributed by atoms with Gasteiger partial charge in [0.2, 0.25) is 0 Å². The van der Waals surface area contributed by atoms with Crippen LogP contribution in [0.3, 0.4) is 0 Å². The summed E-state index contributed by atoms with van der Waals surface area (Å²) in [5.41, 5.74) is 10.4. The van der Waals surface area contributed by atoms with E-state index in [1.165, 1.54) is 12.3 Å². The van der Waals surface area contributed by atoms with Gasteiger partial charge in [-0.05, 0) is 55.0 Å². The quantitative estimate of drug-likeness (QED) is 0.338. The Morgan fingerprint density at radius 1 is 1.11 bits per heavy atom. The summed E-state index contributed by atoms with van der Waals surface area (Å²) in [5.74, 6) is 0. The topological polar surface area (TPSA) is 75.3 Å². The number of fused-ring (bicyclic) bond motifs is 1. The molecule has 0 atom stereocenters. The van der Waals surface area contributed by atoms with Crippen LogP contribution in [0, 0.1) is 0 Å². The highest BCUT2D eigenvalue weighted by molar-refractivity contribution is 7.80. The number of rotatable bonds is 4. The Bertz CT molecular complexity index is 1050. The molecule has 0 unspecified atom stereocenters. The lowest BCUT2D eigenvalue weighted by Crippen LogP contribution is -2.25. The van der Waals surface area contributed by atoms with Gasteiger partial charge >= 0.3 is 6.18 Å². The number of thiocarbonyl (C=S) groups is 1. The van der Waals surface area contributed by atoms with Gasteiger partial charge in [-0.25, -0.2) is 0 Å². The standard InChI is InChI=1S/C19H16F3N5S/c1-11(26-27-18(23)28)12-2-5-14(6-3-12)25-16-8-9-24-17-10-13(19(20,21)22)4-7-15(16)17/h2-10H,1H3,(H,24,25)(H3,23,27,28)/b26-11+. The van der Waals surface area contributed by atoms with Crippen LogP contribution in [0.1, 0.15) is 18.1 Å². The first kappa shape index (κ1) is 19.6. The van der Waals surface area contributed by atoms with Crippen molar-refractivity contribution < 1.29 is 13.2 Å². The number of anilines is 2. The van der Waals surface area contributed by atoms with Crippen LogP contribution in [0.4, 0.5) is 24.5 Å². The normalized spacial score (nSPS) is 12.1. The van der Waals surface area contributed by atoms with E-state index in [-0.39, 0.29) is 10.6 Å². The number of alkyl halides is 3. The average Bonchev–Trinajstić information content (AvgIpc) is 2.66. The van der Waals surface area contributed by atoms with Gasteiger partial charge in [-0.1, -0.05) is 18.2 Å². The fraction of sp³-hybridized carbons (Fsp3) is 0.105. The molecule has 2 aromatic carbocycles. The molecule has 1 aromatic heterocycles. The molecule has 0 aliphatic rings. The molecule has 3 aromatic rings. The van der Waals surface area contributed by atoms with Crippen molar-refractivity contribution in [2.75, 3.05) is 5.32 Å². The second-order valence-electron chi connectivity index (χ2n) is 5.96. The molecule has 0 aliphatic carbocycles. The van der Waals surface area contributed by atoms with E-state index < -0.39 is 11.7 Å². The molecule has 0 saturated heterocycles. The first-order valence-corrected chi connectivity index (χ1v) is 8.58. The maximum absolute atomic E-state index is 12.9. The van der Waals surface area contributed by atoms with E-state index >= 15 is 0 Å². The maximum Gasteiger partial charge on any atom is 0.416 e. The van der Waals surface area contributed by atoms with Gasteiger partial charge in [0.05, 0.1) is 16.8 Å². The highest BCUT2D eigenvalue weighted by atomic mass is 32.1. The molecule has 28 heavy (non-hydrogen) atoms. The Balaban J connectivity index is 1.85. The third-order valence-corrected chi connectivity index (χ3v) is 4.08. The molecular formula is C19H16F3N5S. The van der Waals surface area contributed by atoms with Gasteiger partial charge in [0.15, 0.2) is 5.11 Å². The highest BCUT2D eigenvalue weighted by Gasteiger charge is 2.30.